The van der Waals surface area contributed by atoms with E-state index in [1.807, 2.05) is 41.8 Å². The molecule has 7 heteroatoms. The maximum absolute atomic E-state index is 12.2. The molecule has 1 aliphatic rings. The van der Waals surface area contributed by atoms with Crippen LogP contribution in [-0.2, 0) is 9.53 Å². The molecule has 1 fully saturated rings. The fourth-order valence-electron chi connectivity index (χ4n) is 2.45. The molecule has 2 aromatic rings. The first kappa shape index (κ1) is 16.0. The first-order chi connectivity index (χ1) is 11.2. The van der Waals surface area contributed by atoms with E-state index < -0.39 is 0 Å². The number of amides is 1. The van der Waals surface area contributed by atoms with Crippen molar-refractivity contribution in [1.29, 1.82) is 0 Å². The molecular weight excluding hydrogens is 312 g/mol. The number of aromatic nitrogens is 3. The van der Waals surface area contributed by atoms with Crippen molar-refractivity contribution < 1.29 is 9.53 Å². The Morgan fingerprint density at radius 1 is 1.48 bits per heavy atom. The average Bonchev–Trinajstić information content (AvgIpc) is 3.25. The number of para-hydroxylation sites is 1. The summed E-state index contributed by atoms with van der Waals surface area (Å²) in [5, 5.41) is 11.5. The second-order valence-corrected chi connectivity index (χ2v) is 6.77. The number of nitrogens with zero attached hydrogens (tertiary/aromatic N) is 3. The van der Waals surface area contributed by atoms with Gasteiger partial charge in [-0.05, 0) is 31.9 Å². The first-order valence-corrected chi connectivity index (χ1v) is 8.63. The average molecular weight is 332 g/mol. The van der Waals surface area contributed by atoms with Gasteiger partial charge in [-0.15, -0.1) is 10.2 Å². The Bertz CT molecular complexity index is 641. The van der Waals surface area contributed by atoms with Crippen LogP contribution in [-0.4, -0.2) is 45.2 Å². The summed E-state index contributed by atoms with van der Waals surface area (Å²) in [6.45, 7) is 3.25. The van der Waals surface area contributed by atoms with Gasteiger partial charge in [0.05, 0.1) is 11.4 Å². The third-order valence-corrected chi connectivity index (χ3v) is 4.79. The van der Waals surface area contributed by atoms with Crippen molar-refractivity contribution in [2.75, 3.05) is 13.2 Å². The highest BCUT2D eigenvalue weighted by Crippen LogP contribution is 2.23. The van der Waals surface area contributed by atoms with E-state index in [-0.39, 0.29) is 17.3 Å². The van der Waals surface area contributed by atoms with Crippen molar-refractivity contribution >= 4 is 17.7 Å². The summed E-state index contributed by atoms with van der Waals surface area (Å²) >= 11 is 1.40. The van der Waals surface area contributed by atoms with Crippen molar-refractivity contribution in [2.24, 2.45) is 0 Å². The van der Waals surface area contributed by atoms with Gasteiger partial charge in [-0.1, -0.05) is 30.0 Å². The van der Waals surface area contributed by atoms with Gasteiger partial charge in [0, 0.05) is 18.8 Å². The lowest BCUT2D eigenvalue weighted by Gasteiger charge is -2.14. The van der Waals surface area contributed by atoms with Gasteiger partial charge >= 0.3 is 0 Å². The van der Waals surface area contributed by atoms with Crippen LogP contribution in [0.5, 0.6) is 0 Å². The normalized spacial score (nSPS) is 18.7. The fraction of sp³-hybridized carbons (Fsp3) is 0.438. The summed E-state index contributed by atoms with van der Waals surface area (Å²) in [5.74, 6) is -0.00638. The molecule has 2 heterocycles. The summed E-state index contributed by atoms with van der Waals surface area (Å²) in [6, 6.07) is 9.84. The van der Waals surface area contributed by atoms with E-state index in [1.165, 1.54) is 11.8 Å². The molecule has 0 aliphatic carbocycles. The zero-order valence-electron chi connectivity index (χ0n) is 13.0. The second kappa shape index (κ2) is 7.61. The topological polar surface area (TPSA) is 69.0 Å². The van der Waals surface area contributed by atoms with E-state index in [0.717, 1.165) is 25.1 Å². The van der Waals surface area contributed by atoms with Crippen LogP contribution in [0.4, 0.5) is 0 Å². The van der Waals surface area contributed by atoms with Crippen LogP contribution in [0.15, 0.2) is 41.8 Å². The monoisotopic (exact) mass is 332 g/mol. The molecule has 1 amide bonds. The van der Waals surface area contributed by atoms with Gasteiger partial charge in [0.15, 0.2) is 5.16 Å². The lowest BCUT2D eigenvalue weighted by atomic mass is 10.2. The molecule has 1 N–H and O–H groups in total. The molecule has 122 valence electrons. The molecule has 1 aromatic heterocycles. The highest BCUT2D eigenvalue weighted by molar-refractivity contribution is 8.00. The van der Waals surface area contributed by atoms with Gasteiger partial charge in [-0.2, -0.15) is 0 Å². The van der Waals surface area contributed by atoms with Gasteiger partial charge in [-0.25, -0.2) is 0 Å². The summed E-state index contributed by atoms with van der Waals surface area (Å²) in [4.78, 5) is 12.2. The number of carbonyl (C=O) groups excluding carboxylic acids is 1. The van der Waals surface area contributed by atoms with Gasteiger partial charge in [0.1, 0.15) is 6.33 Å². The van der Waals surface area contributed by atoms with E-state index in [0.29, 0.717) is 11.7 Å². The quantitative estimate of drug-likeness (QED) is 0.820. The molecule has 1 aromatic carbocycles. The largest absolute Gasteiger partial charge is 0.376 e. The smallest absolute Gasteiger partial charge is 0.233 e. The zero-order valence-corrected chi connectivity index (χ0v) is 13.8. The van der Waals surface area contributed by atoms with Crippen LogP contribution in [0.2, 0.25) is 0 Å². The number of carbonyl (C=O) groups is 1. The first-order valence-electron chi connectivity index (χ1n) is 7.75. The minimum Gasteiger partial charge on any atom is -0.376 e. The Labute approximate surface area is 139 Å². The minimum absolute atomic E-state index is 0.00638. The van der Waals surface area contributed by atoms with Crippen molar-refractivity contribution in [3.63, 3.8) is 0 Å². The van der Waals surface area contributed by atoms with E-state index in [4.69, 9.17) is 4.74 Å². The van der Waals surface area contributed by atoms with Gasteiger partial charge < -0.3 is 10.1 Å². The van der Waals surface area contributed by atoms with Crippen molar-refractivity contribution in [3.05, 3.63) is 36.7 Å². The van der Waals surface area contributed by atoms with Crippen LogP contribution >= 0.6 is 11.8 Å². The minimum atomic E-state index is -0.247. The predicted octanol–water partition coefficient (Wildman–Crippen LogP) is 2.04. The van der Waals surface area contributed by atoms with Gasteiger partial charge in [0.2, 0.25) is 5.91 Å². The molecule has 0 radical (unpaired) electrons. The maximum Gasteiger partial charge on any atom is 0.233 e. The zero-order chi connectivity index (χ0) is 16.1. The number of ether oxygens (including phenoxy) is 1. The Morgan fingerprint density at radius 3 is 3.04 bits per heavy atom. The second-order valence-electron chi connectivity index (χ2n) is 5.46. The highest BCUT2D eigenvalue weighted by Gasteiger charge is 2.21. The molecule has 1 saturated heterocycles. The molecule has 1 aliphatic heterocycles. The molecule has 0 saturated carbocycles. The maximum atomic E-state index is 12.2. The Morgan fingerprint density at radius 2 is 2.30 bits per heavy atom. The Hall–Kier alpha value is -1.86. The standard InChI is InChI=1S/C16H20N4O2S/c1-12(15(21)17-10-14-8-5-9-22-14)23-16-19-18-11-20(16)13-6-3-2-4-7-13/h2-4,6-7,11-12,14H,5,8-10H2,1H3,(H,17,21)/t12-,14+/m1/s1. The van der Waals surface area contributed by atoms with Crippen LogP contribution in [0.3, 0.4) is 0 Å². The predicted molar refractivity (Wildman–Crippen MR) is 88.7 cm³/mol. The van der Waals surface area contributed by atoms with E-state index in [2.05, 4.69) is 15.5 Å². The molecule has 23 heavy (non-hydrogen) atoms. The summed E-state index contributed by atoms with van der Waals surface area (Å²) in [5.41, 5.74) is 0.979. The van der Waals surface area contributed by atoms with Crippen molar-refractivity contribution in [3.8, 4) is 5.69 Å². The molecule has 2 atom stereocenters. The Balaban J connectivity index is 1.58. The Kier molecular flexibility index (Phi) is 5.30. The number of benzene rings is 1. The summed E-state index contributed by atoms with van der Waals surface area (Å²) in [6.07, 6.45) is 3.91. The number of hydrogen-bond donors (Lipinski definition) is 1. The van der Waals surface area contributed by atoms with E-state index in [1.54, 1.807) is 6.33 Å². The number of rotatable bonds is 6. The molecule has 6 nitrogen and oxygen atoms in total. The number of hydrogen-bond acceptors (Lipinski definition) is 5. The molecule has 0 unspecified atom stereocenters. The third-order valence-electron chi connectivity index (χ3n) is 3.73. The van der Waals surface area contributed by atoms with E-state index in [9.17, 15) is 4.79 Å². The van der Waals surface area contributed by atoms with Gasteiger partial charge in [-0.3, -0.25) is 9.36 Å². The third kappa shape index (κ3) is 4.11. The molecule has 3 rings (SSSR count). The van der Waals surface area contributed by atoms with Crippen molar-refractivity contribution in [2.45, 2.75) is 36.3 Å². The van der Waals surface area contributed by atoms with Gasteiger partial charge in [0.25, 0.3) is 0 Å². The fourth-order valence-corrected chi connectivity index (χ4v) is 3.31. The van der Waals surface area contributed by atoms with Crippen LogP contribution in [0.1, 0.15) is 19.8 Å². The van der Waals surface area contributed by atoms with E-state index >= 15 is 0 Å². The number of thioether (sulfide) groups is 1. The molecular formula is C16H20N4O2S. The molecule has 0 bridgehead atoms. The lowest BCUT2D eigenvalue weighted by Crippen LogP contribution is -2.36. The summed E-state index contributed by atoms with van der Waals surface area (Å²) < 4.78 is 7.40. The van der Waals surface area contributed by atoms with Crippen LogP contribution in [0.25, 0.3) is 5.69 Å². The van der Waals surface area contributed by atoms with Crippen LogP contribution < -0.4 is 5.32 Å². The number of nitrogens with one attached hydrogen (secondary N) is 1. The highest BCUT2D eigenvalue weighted by atomic mass is 32.2. The van der Waals surface area contributed by atoms with Crippen LogP contribution in [0, 0.1) is 0 Å². The van der Waals surface area contributed by atoms with Crippen molar-refractivity contribution in [1.82, 2.24) is 20.1 Å². The SMILES string of the molecule is C[C@@H](Sc1nncn1-c1ccccc1)C(=O)NC[C@@H]1CCCO1. The lowest BCUT2D eigenvalue weighted by molar-refractivity contribution is -0.120. The summed E-state index contributed by atoms with van der Waals surface area (Å²) in [7, 11) is 0. The molecule has 0 spiro atoms.